The summed E-state index contributed by atoms with van der Waals surface area (Å²) in [7, 11) is 0. The average Bonchev–Trinajstić information content (AvgIpc) is 3.15. The highest BCUT2D eigenvalue weighted by Gasteiger charge is 2.19. The minimum atomic E-state index is -0.495. The van der Waals surface area contributed by atoms with E-state index < -0.39 is 5.97 Å². The van der Waals surface area contributed by atoms with Gasteiger partial charge in [-0.1, -0.05) is 25.5 Å². The number of carbonyl (C=O) groups is 1. The van der Waals surface area contributed by atoms with Crippen molar-refractivity contribution in [1.82, 2.24) is 9.97 Å². The van der Waals surface area contributed by atoms with E-state index in [1.165, 1.54) is 0 Å². The van der Waals surface area contributed by atoms with Gasteiger partial charge in [0.15, 0.2) is 23.0 Å². The molecular weight excluding hydrogens is 346 g/mol. The van der Waals surface area contributed by atoms with Crippen LogP contribution in [0.3, 0.4) is 0 Å². The van der Waals surface area contributed by atoms with Gasteiger partial charge in [-0.3, -0.25) is 0 Å². The van der Waals surface area contributed by atoms with Gasteiger partial charge in [-0.25, -0.2) is 14.8 Å². The lowest BCUT2D eigenvalue weighted by atomic mass is 10.2. The number of hydrogen-bond acceptors (Lipinski definition) is 7. The molecule has 0 bridgehead atoms. The molecule has 1 aromatic heterocycles. The fourth-order valence-corrected chi connectivity index (χ4v) is 2.72. The standard InChI is InChI=1S/C20H19N3O4/c1-2-3-10-25-20(24)18-19(23-15-7-5-4-6-14(15)22-18)21-13-8-9-16-17(11-13)27-12-26-16/h4-9,11H,2-3,10,12H2,1H3,(H,21,23). The molecule has 0 atom stereocenters. The molecular formula is C20H19N3O4. The van der Waals surface area contributed by atoms with Crippen LogP contribution in [-0.4, -0.2) is 29.3 Å². The number of anilines is 2. The average molecular weight is 365 g/mol. The number of rotatable bonds is 6. The molecule has 7 nitrogen and oxygen atoms in total. The van der Waals surface area contributed by atoms with Gasteiger partial charge in [-0.2, -0.15) is 0 Å². The maximum Gasteiger partial charge on any atom is 0.360 e. The molecule has 1 N–H and O–H groups in total. The quantitative estimate of drug-likeness (QED) is 0.521. The molecule has 0 unspecified atom stereocenters. The second kappa shape index (κ2) is 7.49. The molecule has 0 aliphatic carbocycles. The predicted molar refractivity (Wildman–Crippen MR) is 101 cm³/mol. The molecule has 138 valence electrons. The Morgan fingerprint density at radius 2 is 1.89 bits per heavy atom. The van der Waals surface area contributed by atoms with Gasteiger partial charge in [-0.05, 0) is 30.7 Å². The zero-order valence-corrected chi connectivity index (χ0v) is 14.9. The Hall–Kier alpha value is -3.35. The molecule has 0 radical (unpaired) electrons. The number of unbranched alkanes of at least 4 members (excludes halogenated alkanes) is 1. The summed E-state index contributed by atoms with van der Waals surface area (Å²) in [5.74, 6) is 1.17. The number of nitrogens with zero attached hydrogens (tertiary/aromatic N) is 2. The number of esters is 1. The van der Waals surface area contributed by atoms with E-state index in [1.54, 1.807) is 12.1 Å². The van der Waals surface area contributed by atoms with Gasteiger partial charge in [0.1, 0.15) is 0 Å². The Labute approximate surface area is 156 Å². The highest BCUT2D eigenvalue weighted by Crippen LogP contribution is 2.35. The van der Waals surface area contributed by atoms with Gasteiger partial charge >= 0.3 is 5.97 Å². The summed E-state index contributed by atoms with van der Waals surface area (Å²) in [6.07, 6.45) is 1.75. The minimum absolute atomic E-state index is 0.155. The molecule has 7 heteroatoms. The van der Waals surface area contributed by atoms with Crippen molar-refractivity contribution in [3.05, 3.63) is 48.2 Å². The molecule has 0 spiro atoms. The lowest BCUT2D eigenvalue weighted by Crippen LogP contribution is -2.13. The third-order valence-corrected chi connectivity index (χ3v) is 4.13. The van der Waals surface area contributed by atoms with E-state index in [0.29, 0.717) is 40.6 Å². The second-order valence-electron chi connectivity index (χ2n) is 6.09. The number of nitrogens with one attached hydrogen (secondary N) is 1. The lowest BCUT2D eigenvalue weighted by molar-refractivity contribution is 0.0494. The first-order valence-electron chi connectivity index (χ1n) is 8.85. The van der Waals surface area contributed by atoms with E-state index in [9.17, 15) is 4.79 Å². The van der Waals surface area contributed by atoms with Crippen LogP contribution in [0.4, 0.5) is 11.5 Å². The number of hydrogen-bond donors (Lipinski definition) is 1. The van der Waals surface area contributed by atoms with Crippen LogP contribution in [0.1, 0.15) is 30.3 Å². The number of fused-ring (bicyclic) bond motifs is 2. The largest absolute Gasteiger partial charge is 0.461 e. The molecule has 0 saturated carbocycles. The van der Waals surface area contributed by atoms with Crippen LogP contribution >= 0.6 is 0 Å². The van der Waals surface area contributed by atoms with Crippen LogP contribution in [0, 0.1) is 0 Å². The third-order valence-electron chi connectivity index (χ3n) is 4.13. The molecule has 1 aliphatic heterocycles. The maximum absolute atomic E-state index is 12.6. The van der Waals surface area contributed by atoms with Crippen LogP contribution in [0.5, 0.6) is 11.5 Å². The molecule has 2 aromatic carbocycles. The van der Waals surface area contributed by atoms with E-state index in [4.69, 9.17) is 14.2 Å². The van der Waals surface area contributed by atoms with Gasteiger partial charge in [0.05, 0.1) is 17.6 Å². The lowest BCUT2D eigenvalue weighted by Gasteiger charge is -2.12. The van der Waals surface area contributed by atoms with Crippen molar-refractivity contribution in [2.75, 3.05) is 18.7 Å². The molecule has 4 rings (SSSR count). The van der Waals surface area contributed by atoms with Crippen LogP contribution in [0.25, 0.3) is 11.0 Å². The molecule has 2 heterocycles. The van der Waals surface area contributed by atoms with E-state index in [1.807, 2.05) is 37.3 Å². The zero-order chi connectivity index (χ0) is 18.6. The van der Waals surface area contributed by atoms with Gasteiger partial charge < -0.3 is 19.5 Å². The number of benzene rings is 2. The van der Waals surface area contributed by atoms with Crippen molar-refractivity contribution in [2.24, 2.45) is 0 Å². The van der Waals surface area contributed by atoms with Crippen LogP contribution in [0.2, 0.25) is 0 Å². The first kappa shape index (κ1) is 17.1. The normalized spacial score (nSPS) is 12.2. The Balaban J connectivity index is 1.68. The van der Waals surface area contributed by atoms with Crippen molar-refractivity contribution < 1.29 is 19.0 Å². The first-order chi connectivity index (χ1) is 13.2. The molecule has 0 fully saturated rings. The summed E-state index contributed by atoms with van der Waals surface area (Å²) < 4.78 is 16.1. The Morgan fingerprint density at radius 1 is 1.11 bits per heavy atom. The predicted octanol–water partition coefficient (Wildman–Crippen LogP) is 4.06. The van der Waals surface area contributed by atoms with Gasteiger partial charge in [0, 0.05) is 11.8 Å². The summed E-state index contributed by atoms with van der Waals surface area (Å²) in [6, 6.07) is 12.8. The Morgan fingerprint density at radius 3 is 2.70 bits per heavy atom. The zero-order valence-electron chi connectivity index (χ0n) is 14.9. The summed E-state index contributed by atoms with van der Waals surface area (Å²) in [5.41, 5.74) is 2.19. The highest BCUT2D eigenvalue weighted by atomic mass is 16.7. The SMILES string of the molecule is CCCCOC(=O)c1nc2ccccc2nc1Nc1ccc2c(c1)OCO2. The van der Waals surface area contributed by atoms with E-state index in [-0.39, 0.29) is 12.5 Å². The highest BCUT2D eigenvalue weighted by molar-refractivity contribution is 5.96. The van der Waals surface area contributed by atoms with Gasteiger partial charge in [-0.15, -0.1) is 0 Å². The summed E-state index contributed by atoms with van der Waals surface area (Å²) in [6.45, 7) is 2.59. The second-order valence-corrected chi connectivity index (χ2v) is 6.09. The minimum Gasteiger partial charge on any atom is -0.461 e. The van der Waals surface area contributed by atoms with Crippen molar-refractivity contribution in [1.29, 1.82) is 0 Å². The fraction of sp³-hybridized carbons (Fsp3) is 0.250. The van der Waals surface area contributed by atoms with Gasteiger partial charge in [0.25, 0.3) is 0 Å². The number of carbonyl (C=O) groups excluding carboxylic acids is 1. The van der Waals surface area contributed by atoms with E-state index in [0.717, 1.165) is 12.8 Å². The number of ether oxygens (including phenoxy) is 3. The first-order valence-corrected chi connectivity index (χ1v) is 8.85. The van der Waals surface area contributed by atoms with Crippen LogP contribution < -0.4 is 14.8 Å². The molecule has 3 aromatic rings. The Bertz CT molecular complexity index is 990. The van der Waals surface area contributed by atoms with Crippen molar-refractivity contribution in [3.63, 3.8) is 0 Å². The molecule has 1 aliphatic rings. The third kappa shape index (κ3) is 3.62. The van der Waals surface area contributed by atoms with Gasteiger partial charge in [0.2, 0.25) is 6.79 Å². The summed E-state index contributed by atoms with van der Waals surface area (Å²) in [4.78, 5) is 21.6. The van der Waals surface area contributed by atoms with Crippen LogP contribution in [0.15, 0.2) is 42.5 Å². The monoisotopic (exact) mass is 365 g/mol. The molecule has 0 saturated heterocycles. The van der Waals surface area contributed by atoms with Crippen LogP contribution in [-0.2, 0) is 4.74 Å². The smallest absolute Gasteiger partial charge is 0.360 e. The summed E-state index contributed by atoms with van der Waals surface area (Å²) >= 11 is 0. The molecule has 27 heavy (non-hydrogen) atoms. The molecule has 0 amide bonds. The Kier molecular flexibility index (Phi) is 4.74. The maximum atomic E-state index is 12.6. The van der Waals surface area contributed by atoms with E-state index in [2.05, 4.69) is 15.3 Å². The van der Waals surface area contributed by atoms with E-state index >= 15 is 0 Å². The number of aromatic nitrogens is 2. The topological polar surface area (TPSA) is 82.6 Å². The number of para-hydroxylation sites is 2. The van der Waals surface area contributed by atoms with Crippen molar-refractivity contribution >= 4 is 28.5 Å². The summed E-state index contributed by atoms with van der Waals surface area (Å²) in [5, 5.41) is 3.16. The fourth-order valence-electron chi connectivity index (χ4n) is 2.72. The van der Waals surface area contributed by atoms with Crippen molar-refractivity contribution in [2.45, 2.75) is 19.8 Å². The van der Waals surface area contributed by atoms with Crippen molar-refractivity contribution in [3.8, 4) is 11.5 Å².